The molecule has 0 aliphatic heterocycles. The molecule has 0 aliphatic carbocycles. The highest BCUT2D eigenvalue weighted by Crippen LogP contribution is 2.18. The summed E-state index contributed by atoms with van der Waals surface area (Å²) in [5.41, 5.74) is 2.40. The van der Waals surface area contributed by atoms with E-state index in [1.54, 1.807) is 10.7 Å². The van der Waals surface area contributed by atoms with Crippen LogP contribution in [-0.2, 0) is 7.05 Å². The lowest BCUT2D eigenvalue weighted by molar-refractivity contribution is 0.584. The molecule has 2 aromatic heterocycles. The molecule has 2 heterocycles. The largest absolute Gasteiger partial charge is 0.353 e. The van der Waals surface area contributed by atoms with Crippen molar-refractivity contribution >= 4 is 11.4 Å². The summed E-state index contributed by atoms with van der Waals surface area (Å²) in [5.74, 6) is -0.499. The standard InChI is InChI=1S/C10H11FN4/c1-7-9(6-15(2)14-7)13-8-3-4-12-10(11)5-8/h3-6H,1-2H3,(H,12,13). The van der Waals surface area contributed by atoms with Crippen LogP contribution >= 0.6 is 0 Å². The maximum Gasteiger partial charge on any atom is 0.214 e. The van der Waals surface area contributed by atoms with Crippen molar-refractivity contribution in [2.24, 2.45) is 7.05 Å². The van der Waals surface area contributed by atoms with Gasteiger partial charge in [0.25, 0.3) is 0 Å². The summed E-state index contributed by atoms with van der Waals surface area (Å²) >= 11 is 0. The smallest absolute Gasteiger partial charge is 0.214 e. The molecule has 78 valence electrons. The fourth-order valence-electron chi connectivity index (χ4n) is 1.36. The Balaban J connectivity index is 2.25. The Labute approximate surface area is 86.8 Å². The zero-order chi connectivity index (χ0) is 10.8. The van der Waals surface area contributed by atoms with E-state index in [2.05, 4.69) is 15.4 Å². The Morgan fingerprint density at radius 1 is 1.47 bits per heavy atom. The molecule has 0 atom stereocenters. The SMILES string of the molecule is Cc1nn(C)cc1Nc1ccnc(F)c1. The Bertz CT molecular complexity index is 478. The summed E-state index contributed by atoms with van der Waals surface area (Å²) in [6.45, 7) is 1.89. The molecule has 4 nitrogen and oxygen atoms in total. The van der Waals surface area contributed by atoms with E-state index in [4.69, 9.17) is 0 Å². The van der Waals surface area contributed by atoms with E-state index in [0.717, 1.165) is 11.4 Å². The fraction of sp³-hybridized carbons (Fsp3) is 0.200. The molecule has 0 spiro atoms. The van der Waals surface area contributed by atoms with Crippen molar-refractivity contribution in [1.29, 1.82) is 0 Å². The van der Waals surface area contributed by atoms with E-state index in [1.165, 1.54) is 12.3 Å². The van der Waals surface area contributed by atoms with Crippen LogP contribution in [0.2, 0.25) is 0 Å². The van der Waals surface area contributed by atoms with Crippen molar-refractivity contribution in [2.45, 2.75) is 6.92 Å². The molecule has 0 saturated heterocycles. The van der Waals surface area contributed by atoms with E-state index in [-0.39, 0.29) is 0 Å². The van der Waals surface area contributed by atoms with Gasteiger partial charge < -0.3 is 5.32 Å². The van der Waals surface area contributed by atoms with E-state index in [9.17, 15) is 4.39 Å². The van der Waals surface area contributed by atoms with Gasteiger partial charge in [0, 0.05) is 31.2 Å². The van der Waals surface area contributed by atoms with Gasteiger partial charge in [0.2, 0.25) is 5.95 Å². The van der Waals surface area contributed by atoms with Crippen LogP contribution in [-0.4, -0.2) is 14.8 Å². The second kappa shape index (κ2) is 3.68. The molecule has 1 N–H and O–H groups in total. The minimum atomic E-state index is -0.499. The zero-order valence-electron chi connectivity index (χ0n) is 8.53. The Hall–Kier alpha value is -1.91. The van der Waals surface area contributed by atoms with Crippen LogP contribution in [0, 0.1) is 12.9 Å². The first-order chi connectivity index (χ1) is 7.15. The van der Waals surface area contributed by atoms with Crippen molar-refractivity contribution in [1.82, 2.24) is 14.8 Å². The molecule has 0 bridgehead atoms. The Morgan fingerprint density at radius 2 is 2.27 bits per heavy atom. The molecule has 2 aromatic rings. The van der Waals surface area contributed by atoms with Gasteiger partial charge in [-0.3, -0.25) is 4.68 Å². The van der Waals surface area contributed by atoms with Crippen LogP contribution in [0.15, 0.2) is 24.5 Å². The van der Waals surface area contributed by atoms with E-state index < -0.39 is 5.95 Å². The van der Waals surface area contributed by atoms with E-state index in [0.29, 0.717) is 5.69 Å². The maximum absolute atomic E-state index is 12.8. The lowest BCUT2D eigenvalue weighted by Crippen LogP contribution is -1.92. The zero-order valence-corrected chi connectivity index (χ0v) is 8.53. The van der Waals surface area contributed by atoms with Gasteiger partial charge in [-0.1, -0.05) is 0 Å². The molecule has 0 unspecified atom stereocenters. The van der Waals surface area contributed by atoms with Gasteiger partial charge in [-0.25, -0.2) is 4.98 Å². The molecule has 0 aliphatic rings. The number of nitrogens with one attached hydrogen (secondary N) is 1. The number of anilines is 2. The predicted molar refractivity (Wildman–Crippen MR) is 55.4 cm³/mol. The summed E-state index contributed by atoms with van der Waals surface area (Å²) in [7, 11) is 1.84. The molecule has 15 heavy (non-hydrogen) atoms. The quantitative estimate of drug-likeness (QED) is 0.764. The third kappa shape index (κ3) is 2.12. The average molecular weight is 206 g/mol. The number of aryl methyl sites for hydroxylation is 2. The van der Waals surface area contributed by atoms with Crippen molar-refractivity contribution in [3.05, 3.63) is 36.2 Å². The molecule has 5 heteroatoms. The number of hydrogen-bond acceptors (Lipinski definition) is 3. The number of rotatable bonds is 2. The Kier molecular flexibility index (Phi) is 2.37. The molecule has 0 fully saturated rings. The fourth-order valence-corrected chi connectivity index (χ4v) is 1.36. The van der Waals surface area contributed by atoms with Gasteiger partial charge in [-0.05, 0) is 13.0 Å². The minimum Gasteiger partial charge on any atom is -0.353 e. The molecule has 0 amide bonds. The van der Waals surface area contributed by atoms with Crippen molar-refractivity contribution in [3.63, 3.8) is 0 Å². The highest BCUT2D eigenvalue weighted by Gasteiger charge is 2.03. The molecule has 0 radical (unpaired) electrons. The van der Waals surface area contributed by atoms with Crippen molar-refractivity contribution in [3.8, 4) is 0 Å². The first kappa shape index (κ1) is 9.64. The Morgan fingerprint density at radius 3 is 2.87 bits per heavy atom. The van der Waals surface area contributed by atoms with E-state index >= 15 is 0 Å². The van der Waals surface area contributed by atoms with Gasteiger partial charge in [0.05, 0.1) is 11.4 Å². The molecule has 0 aromatic carbocycles. The van der Waals surface area contributed by atoms with Gasteiger partial charge in [-0.15, -0.1) is 0 Å². The van der Waals surface area contributed by atoms with E-state index in [1.807, 2.05) is 20.2 Å². The summed E-state index contributed by atoms with van der Waals surface area (Å²) in [6.07, 6.45) is 3.26. The van der Waals surface area contributed by atoms with Crippen LogP contribution in [0.5, 0.6) is 0 Å². The topological polar surface area (TPSA) is 42.7 Å². The summed E-state index contributed by atoms with van der Waals surface area (Å²) in [6, 6.07) is 3.04. The van der Waals surface area contributed by atoms with Crippen molar-refractivity contribution < 1.29 is 4.39 Å². The monoisotopic (exact) mass is 206 g/mol. The van der Waals surface area contributed by atoms with Crippen LogP contribution in [0.3, 0.4) is 0 Å². The van der Waals surface area contributed by atoms with Crippen LogP contribution in [0.25, 0.3) is 0 Å². The minimum absolute atomic E-state index is 0.499. The first-order valence-corrected chi connectivity index (χ1v) is 4.54. The van der Waals surface area contributed by atoms with Crippen LogP contribution < -0.4 is 5.32 Å². The number of aromatic nitrogens is 3. The van der Waals surface area contributed by atoms with Gasteiger partial charge in [-0.2, -0.15) is 9.49 Å². The number of halogens is 1. The van der Waals surface area contributed by atoms with Gasteiger partial charge in [0.15, 0.2) is 0 Å². The molecular formula is C10H11FN4. The normalized spacial score (nSPS) is 10.3. The highest BCUT2D eigenvalue weighted by molar-refractivity contribution is 5.60. The van der Waals surface area contributed by atoms with Crippen LogP contribution in [0.1, 0.15) is 5.69 Å². The number of pyridine rings is 1. The molecule has 0 saturated carbocycles. The van der Waals surface area contributed by atoms with Crippen molar-refractivity contribution in [2.75, 3.05) is 5.32 Å². The summed E-state index contributed by atoms with van der Waals surface area (Å²) in [4.78, 5) is 3.48. The third-order valence-corrected chi connectivity index (χ3v) is 2.02. The number of hydrogen-bond donors (Lipinski definition) is 1. The molecular weight excluding hydrogens is 195 g/mol. The predicted octanol–water partition coefficient (Wildman–Crippen LogP) is 2.01. The molecule has 2 rings (SSSR count). The summed E-state index contributed by atoms with van der Waals surface area (Å²) < 4.78 is 14.5. The summed E-state index contributed by atoms with van der Waals surface area (Å²) in [5, 5.41) is 7.24. The van der Waals surface area contributed by atoms with Gasteiger partial charge >= 0.3 is 0 Å². The second-order valence-electron chi connectivity index (χ2n) is 3.29. The second-order valence-corrected chi connectivity index (χ2v) is 3.29. The maximum atomic E-state index is 12.8. The third-order valence-electron chi connectivity index (χ3n) is 2.02. The first-order valence-electron chi connectivity index (χ1n) is 4.54. The highest BCUT2D eigenvalue weighted by atomic mass is 19.1. The average Bonchev–Trinajstić information content (AvgIpc) is 2.45. The number of nitrogens with zero attached hydrogens (tertiary/aromatic N) is 3. The van der Waals surface area contributed by atoms with Crippen LogP contribution in [0.4, 0.5) is 15.8 Å². The lowest BCUT2D eigenvalue weighted by Gasteiger charge is -2.03. The van der Waals surface area contributed by atoms with Gasteiger partial charge in [0.1, 0.15) is 0 Å². The lowest BCUT2D eigenvalue weighted by atomic mass is 10.3.